The van der Waals surface area contributed by atoms with Gasteiger partial charge in [0.05, 0.1) is 6.61 Å². The number of nitrogens with one attached hydrogen (secondary N) is 1. The molecule has 23 heavy (non-hydrogen) atoms. The molecule has 1 aliphatic rings. The third-order valence-electron chi connectivity index (χ3n) is 3.64. The van der Waals surface area contributed by atoms with Gasteiger partial charge in [-0.1, -0.05) is 11.6 Å². The summed E-state index contributed by atoms with van der Waals surface area (Å²) >= 11 is 6.10. The number of rotatable bonds is 5. The summed E-state index contributed by atoms with van der Waals surface area (Å²) in [4.78, 5) is 7.96. The maximum absolute atomic E-state index is 6.10. The summed E-state index contributed by atoms with van der Waals surface area (Å²) in [5.41, 5.74) is 7.84. The summed E-state index contributed by atoms with van der Waals surface area (Å²) in [5, 5.41) is 3.49. The van der Waals surface area contributed by atoms with Crippen LogP contribution in [0.5, 0.6) is 11.5 Å². The van der Waals surface area contributed by atoms with E-state index in [2.05, 4.69) is 28.3 Å². The topological polar surface area (TPSA) is 82.3 Å². The molecule has 2 heterocycles. The van der Waals surface area contributed by atoms with E-state index in [-0.39, 0.29) is 11.9 Å². The summed E-state index contributed by atoms with van der Waals surface area (Å²) in [6, 6.07) is 4.06. The van der Waals surface area contributed by atoms with Gasteiger partial charge in [0.25, 0.3) is 0 Å². The number of nitrogen functional groups attached to an aromatic ring is 1. The number of nitrogens with zero attached hydrogens (tertiary/aromatic N) is 2. The van der Waals surface area contributed by atoms with Crippen LogP contribution in [0.4, 0.5) is 11.6 Å². The van der Waals surface area contributed by atoms with Gasteiger partial charge in [-0.2, -0.15) is 0 Å². The highest BCUT2D eigenvalue weighted by Crippen LogP contribution is 2.35. The van der Waals surface area contributed by atoms with Gasteiger partial charge in [0.1, 0.15) is 34.8 Å². The molecule has 1 atom stereocenters. The lowest BCUT2D eigenvalue weighted by Crippen LogP contribution is -2.07. The molecule has 0 spiro atoms. The number of ether oxygens (including phenoxy) is 2. The average Bonchev–Trinajstić information content (AvgIpc) is 2.88. The molecular formula is C16H19ClN4O2. The molecule has 6 nitrogen and oxygen atoms in total. The van der Waals surface area contributed by atoms with Gasteiger partial charge in [0, 0.05) is 24.1 Å². The van der Waals surface area contributed by atoms with Crippen molar-refractivity contribution in [2.45, 2.75) is 32.9 Å². The van der Waals surface area contributed by atoms with Crippen LogP contribution in [0.25, 0.3) is 0 Å². The van der Waals surface area contributed by atoms with Crippen molar-refractivity contribution in [3.8, 4) is 11.5 Å². The highest BCUT2D eigenvalue weighted by Gasteiger charge is 2.22. The second-order valence-corrected chi connectivity index (χ2v) is 5.79. The molecular weight excluding hydrogens is 316 g/mol. The number of hydrogen-bond donors (Lipinski definition) is 2. The van der Waals surface area contributed by atoms with E-state index in [9.17, 15) is 0 Å². The third-order valence-corrected chi connectivity index (χ3v) is 4.01. The second-order valence-electron chi connectivity index (χ2n) is 5.41. The Morgan fingerprint density at radius 2 is 2.26 bits per heavy atom. The average molecular weight is 335 g/mol. The molecule has 1 aromatic carbocycles. The van der Waals surface area contributed by atoms with Crippen LogP contribution in [0.2, 0.25) is 5.02 Å². The first kappa shape index (κ1) is 15.7. The zero-order chi connectivity index (χ0) is 16.4. The predicted molar refractivity (Wildman–Crippen MR) is 90.2 cm³/mol. The van der Waals surface area contributed by atoms with Crippen molar-refractivity contribution < 1.29 is 9.47 Å². The van der Waals surface area contributed by atoms with E-state index in [0.717, 1.165) is 23.5 Å². The number of anilines is 2. The Hall–Kier alpha value is -2.21. The van der Waals surface area contributed by atoms with Crippen LogP contribution >= 0.6 is 11.6 Å². The molecule has 0 saturated carbocycles. The molecule has 0 amide bonds. The lowest BCUT2D eigenvalue weighted by atomic mass is 10.1. The van der Waals surface area contributed by atoms with E-state index < -0.39 is 0 Å². The van der Waals surface area contributed by atoms with E-state index in [1.54, 1.807) is 0 Å². The Kier molecular flexibility index (Phi) is 4.43. The molecule has 0 fully saturated rings. The molecule has 1 unspecified atom stereocenters. The highest BCUT2D eigenvalue weighted by molar-refractivity contribution is 6.35. The summed E-state index contributed by atoms with van der Waals surface area (Å²) in [7, 11) is 0. The Balaban J connectivity index is 1.84. The maximum Gasteiger partial charge on any atom is 0.150 e. The molecule has 1 aromatic heterocycles. The van der Waals surface area contributed by atoms with Gasteiger partial charge in [0.15, 0.2) is 5.82 Å². The number of aromatic nitrogens is 2. The fraction of sp³-hybridized carbons (Fsp3) is 0.375. The number of fused-ring (bicyclic) bond motifs is 1. The first-order chi connectivity index (χ1) is 11.1. The second kappa shape index (κ2) is 6.50. The number of hydrogen-bond acceptors (Lipinski definition) is 6. The molecule has 0 radical (unpaired) electrons. The van der Waals surface area contributed by atoms with Crippen molar-refractivity contribution in [2.75, 3.05) is 17.7 Å². The van der Waals surface area contributed by atoms with Crippen LogP contribution in [0.15, 0.2) is 18.5 Å². The zero-order valence-corrected chi connectivity index (χ0v) is 13.9. The third kappa shape index (κ3) is 3.27. The van der Waals surface area contributed by atoms with Crippen LogP contribution in [-0.2, 0) is 13.0 Å². The first-order valence-electron chi connectivity index (χ1n) is 7.53. The minimum Gasteiger partial charge on any atom is -0.494 e. The summed E-state index contributed by atoms with van der Waals surface area (Å²) in [5.74, 6) is 2.50. The Bertz CT molecular complexity index is 723. The van der Waals surface area contributed by atoms with Gasteiger partial charge in [-0.25, -0.2) is 9.97 Å². The molecule has 0 saturated heterocycles. The molecule has 3 N–H and O–H groups in total. The summed E-state index contributed by atoms with van der Waals surface area (Å²) < 4.78 is 11.6. The molecule has 0 aliphatic carbocycles. The van der Waals surface area contributed by atoms with Gasteiger partial charge in [-0.05, 0) is 26.0 Å². The SMILES string of the molecule is CCOc1cc2c(cc1CNc1ncnc(N)c1Cl)OC(C)C2. The summed E-state index contributed by atoms with van der Waals surface area (Å²) in [6.07, 6.45) is 2.47. The standard InChI is InChI=1S/C16H19ClN4O2/c1-3-22-12-5-10-4-9(2)23-13(10)6-11(12)7-19-16-14(17)15(18)20-8-21-16/h5-6,8-9H,3-4,7H2,1-2H3,(H3,18,19,20,21). The Morgan fingerprint density at radius 3 is 3.04 bits per heavy atom. The predicted octanol–water partition coefficient (Wildman–Crippen LogP) is 3.05. The number of halogens is 1. The summed E-state index contributed by atoms with van der Waals surface area (Å²) in [6.45, 7) is 5.12. The van der Waals surface area contributed by atoms with Gasteiger partial charge in [-0.3, -0.25) is 0 Å². The number of nitrogens with two attached hydrogens (primary N) is 1. The van der Waals surface area contributed by atoms with Crippen molar-refractivity contribution >= 4 is 23.2 Å². The quantitative estimate of drug-likeness (QED) is 0.874. The van der Waals surface area contributed by atoms with Crippen molar-refractivity contribution in [1.82, 2.24) is 9.97 Å². The van der Waals surface area contributed by atoms with Crippen molar-refractivity contribution in [1.29, 1.82) is 0 Å². The molecule has 0 bridgehead atoms. The molecule has 2 aromatic rings. The van der Waals surface area contributed by atoms with E-state index in [0.29, 0.717) is 24.0 Å². The minimum absolute atomic E-state index is 0.193. The van der Waals surface area contributed by atoms with Crippen molar-refractivity contribution in [3.05, 3.63) is 34.6 Å². The molecule has 7 heteroatoms. The number of benzene rings is 1. The van der Waals surface area contributed by atoms with E-state index >= 15 is 0 Å². The lowest BCUT2D eigenvalue weighted by molar-refractivity contribution is 0.254. The molecule has 122 valence electrons. The largest absolute Gasteiger partial charge is 0.494 e. The monoisotopic (exact) mass is 334 g/mol. The first-order valence-corrected chi connectivity index (χ1v) is 7.91. The van der Waals surface area contributed by atoms with Gasteiger partial charge in [-0.15, -0.1) is 0 Å². The van der Waals surface area contributed by atoms with Crippen LogP contribution in [0.1, 0.15) is 25.0 Å². The lowest BCUT2D eigenvalue weighted by Gasteiger charge is -2.14. The molecule has 3 rings (SSSR count). The highest BCUT2D eigenvalue weighted by atomic mass is 35.5. The van der Waals surface area contributed by atoms with Crippen molar-refractivity contribution in [2.24, 2.45) is 0 Å². The van der Waals surface area contributed by atoms with Gasteiger partial charge < -0.3 is 20.5 Å². The molecule has 1 aliphatic heterocycles. The Labute approximate surface area is 140 Å². The van der Waals surface area contributed by atoms with Crippen molar-refractivity contribution in [3.63, 3.8) is 0 Å². The normalized spacial score (nSPS) is 15.9. The van der Waals surface area contributed by atoms with Gasteiger partial charge in [0.2, 0.25) is 0 Å². The van der Waals surface area contributed by atoms with Gasteiger partial charge >= 0.3 is 0 Å². The van der Waals surface area contributed by atoms with Crippen LogP contribution in [0, 0.1) is 0 Å². The van der Waals surface area contributed by atoms with E-state index in [4.69, 9.17) is 26.8 Å². The minimum atomic E-state index is 0.193. The Morgan fingerprint density at radius 1 is 1.43 bits per heavy atom. The van der Waals surface area contributed by atoms with E-state index in [1.165, 1.54) is 11.9 Å². The fourth-order valence-corrected chi connectivity index (χ4v) is 2.76. The zero-order valence-electron chi connectivity index (χ0n) is 13.1. The van der Waals surface area contributed by atoms with Crippen LogP contribution < -0.4 is 20.5 Å². The smallest absolute Gasteiger partial charge is 0.150 e. The van der Waals surface area contributed by atoms with E-state index in [1.807, 2.05) is 13.0 Å². The maximum atomic E-state index is 6.10. The van der Waals surface area contributed by atoms with Crippen LogP contribution in [-0.4, -0.2) is 22.7 Å². The van der Waals surface area contributed by atoms with Crippen LogP contribution in [0.3, 0.4) is 0 Å². The fourth-order valence-electron chi connectivity index (χ4n) is 2.60.